The average molecular weight is 676 g/mol. The molecule has 3 aliphatic carbocycles. The second-order valence-electron chi connectivity index (χ2n) is 10.8. The highest BCUT2D eigenvalue weighted by atomic mass is 79.9. The summed E-state index contributed by atoms with van der Waals surface area (Å²) in [6.45, 7) is 2.48. The third-order valence-electron chi connectivity index (χ3n) is 8.47. The van der Waals surface area contributed by atoms with Gasteiger partial charge in [0.05, 0.1) is 29.1 Å². The van der Waals surface area contributed by atoms with Crippen molar-refractivity contribution < 1.29 is 19.1 Å². The molecular formula is C34H25BrCl2N2O4. The Labute approximate surface area is 267 Å². The minimum Gasteiger partial charge on any atom is -0.490 e. The maximum Gasteiger partial charge on any atom is 0.254 e. The lowest BCUT2D eigenvalue weighted by molar-refractivity contribution is -0.139. The number of imide groups is 1. The molecule has 0 saturated carbocycles. The molecule has 8 rings (SSSR count). The maximum atomic E-state index is 13.9. The summed E-state index contributed by atoms with van der Waals surface area (Å²) in [4.78, 5) is 27.7. The zero-order chi connectivity index (χ0) is 29.8. The van der Waals surface area contributed by atoms with Crippen LogP contribution in [0.15, 0.2) is 88.4 Å². The van der Waals surface area contributed by atoms with Crippen LogP contribution in [0.2, 0.25) is 10.0 Å². The van der Waals surface area contributed by atoms with Crippen LogP contribution in [0, 0.1) is 11.8 Å². The molecule has 0 radical (unpaired) electrons. The van der Waals surface area contributed by atoms with Crippen LogP contribution in [-0.4, -0.2) is 29.6 Å². The van der Waals surface area contributed by atoms with Crippen molar-refractivity contribution in [2.24, 2.45) is 16.9 Å². The van der Waals surface area contributed by atoms with E-state index in [1.807, 2.05) is 37.3 Å². The summed E-state index contributed by atoms with van der Waals surface area (Å²) < 4.78 is 12.6. The Kier molecular flexibility index (Phi) is 7.28. The number of hydrogen-bond donors (Lipinski definition) is 0. The third-order valence-corrected chi connectivity index (χ3v) is 9.64. The van der Waals surface area contributed by atoms with Gasteiger partial charge in [-0.05, 0) is 74.9 Å². The van der Waals surface area contributed by atoms with Crippen LogP contribution in [0.5, 0.6) is 11.5 Å². The first-order valence-electron chi connectivity index (χ1n) is 14.0. The molecule has 4 aromatic rings. The maximum absolute atomic E-state index is 13.9. The molecule has 1 saturated heterocycles. The molecule has 43 heavy (non-hydrogen) atoms. The number of amides is 2. The normalized spacial score (nSPS) is 21.6. The first-order valence-corrected chi connectivity index (χ1v) is 15.5. The number of nitrogens with zero attached hydrogens (tertiary/aromatic N) is 2. The summed E-state index contributed by atoms with van der Waals surface area (Å²) in [5.74, 6) is -0.882. The van der Waals surface area contributed by atoms with E-state index < -0.39 is 11.8 Å². The molecule has 0 aromatic heterocycles. The summed E-state index contributed by atoms with van der Waals surface area (Å²) in [5.41, 5.74) is 5.91. The van der Waals surface area contributed by atoms with Crippen molar-refractivity contribution in [2.75, 3.05) is 6.61 Å². The Morgan fingerprint density at radius 2 is 1.42 bits per heavy atom. The van der Waals surface area contributed by atoms with Crippen LogP contribution < -0.4 is 9.47 Å². The number of halogens is 3. The topological polar surface area (TPSA) is 68.2 Å². The van der Waals surface area contributed by atoms with Gasteiger partial charge in [-0.3, -0.25) is 9.59 Å². The van der Waals surface area contributed by atoms with Gasteiger partial charge in [0.2, 0.25) is 0 Å². The molecule has 0 spiro atoms. The fourth-order valence-electron chi connectivity index (χ4n) is 6.75. The molecule has 6 nitrogen and oxygen atoms in total. The van der Waals surface area contributed by atoms with Gasteiger partial charge in [-0.15, -0.1) is 0 Å². The van der Waals surface area contributed by atoms with E-state index in [2.05, 4.69) is 45.3 Å². The number of hydrogen-bond acceptors (Lipinski definition) is 5. The van der Waals surface area contributed by atoms with Crippen LogP contribution in [0.1, 0.15) is 52.1 Å². The Hall–Kier alpha value is -3.65. The standard InChI is InChI=1S/C34H25BrCl2N2O4/c1-2-42-27-14-18(13-25(35)32(27)43-17-19-11-12-20(36)15-26(19)37)16-38-39-33(40)30-28-21-7-3-4-8-22(21)29(31(30)34(39)41)24-10-6-5-9-23(24)28/h3-16,28-31H,2,17H2,1H3/b38-16-/t28?,29?,30-,31+. The van der Waals surface area contributed by atoms with Gasteiger partial charge in [-0.1, -0.05) is 77.8 Å². The Morgan fingerprint density at radius 1 is 0.837 bits per heavy atom. The van der Waals surface area contributed by atoms with Gasteiger partial charge in [0.1, 0.15) is 6.61 Å². The predicted molar refractivity (Wildman–Crippen MR) is 169 cm³/mol. The average Bonchev–Trinajstić information content (AvgIpc) is 3.26. The first-order chi connectivity index (χ1) is 20.9. The second-order valence-corrected chi connectivity index (χ2v) is 12.5. The van der Waals surface area contributed by atoms with Crippen LogP contribution in [0.3, 0.4) is 0 Å². The fraction of sp³-hybridized carbons (Fsp3) is 0.206. The zero-order valence-electron chi connectivity index (χ0n) is 23.0. The minimum absolute atomic E-state index is 0.177. The first kappa shape index (κ1) is 28.1. The number of benzene rings is 4. The van der Waals surface area contributed by atoms with Crippen LogP contribution >= 0.6 is 39.1 Å². The SMILES string of the molecule is CCOc1cc(/C=N\N2C(=O)[C@@H]3C4c5ccccc5C(c5ccccc54)[C@@H]3C2=O)cc(Br)c1OCc1ccc(Cl)cc1Cl. The lowest BCUT2D eigenvalue weighted by Crippen LogP contribution is -2.41. The zero-order valence-corrected chi connectivity index (χ0v) is 26.1. The Bertz CT molecular complexity index is 1710. The van der Waals surface area contributed by atoms with Gasteiger partial charge >= 0.3 is 0 Å². The van der Waals surface area contributed by atoms with E-state index >= 15 is 0 Å². The molecule has 2 bridgehead atoms. The lowest BCUT2D eigenvalue weighted by atomic mass is 9.55. The van der Waals surface area contributed by atoms with Crippen molar-refractivity contribution in [1.82, 2.24) is 5.01 Å². The van der Waals surface area contributed by atoms with Crippen molar-refractivity contribution in [3.05, 3.63) is 127 Å². The molecular weight excluding hydrogens is 651 g/mol. The highest BCUT2D eigenvalue weighted by molar-refractivity contribution is 9.10. The van der Waals surface area contributed by atoms with E-state index in [0.717, 1.165) is 32.8 Å². The van der Waals surface area contributed by atoms with Crippen LogP contribution in [0.4, 0.5) is 0 Å². The summed E-state index contributed by atoms with van der Waals surface area (Å²) in [5, 5.41) is 6.56. The molecule has 2 atom stereocenters. The molecule has 9 heteroatoms. The minimum atomic E-state index is -0.486. The quantitative estimate of drug-likeness (QED) is 0.147. The van der Waals surface area contributed by atoms with Crippen LogP contribution in [-0.2, 0) is 16.2 Å². The molecule has 2 amide bonds. The molecule has 1 aliphatic heterocycles. The van der Waals surface area contributed by atoms with Gasteiger partial charge in [-0.2, -0.15) is 10.1 Å². The molecule has 1 heterocycles. The molecule has 0 N–H and O–H groups in total. The van der Waals surface area contributed by atoms with Crippen LogP contribution in [0.25, 0.3) is 0 Å². The van der Waals surface area contributed by atoms with Gasteiger partial charge in [-0.25, -0.2) is 0 Å². The van der Waals surface area contributed by atoms with E-state index in [9.17, 15) is 9.59 Å². The second kappa shape index (κ2) is 11.1. The fourth-order valence-corrected chi connectivity index (χ4v) is 7.79. The van der Waals surface area contributed by atoms with E-state index in [1.165, 1.54) is 6.21 Å². The van der Waals surface area contributed by atoms with Gasteiger partial charge < -0.3 is 9.47 Å². The summed E-state index contributed by atoms with van der Waals surface area (Å²) in [6.07, 6.45) is 1.52. The van der Waals surface area contributed by atoms with Crippen molar-refractivity contribution >= 4 is 57.2 Å². The molecule has 1 fully saturated rings. The Morgan fingerprint density at radius 3 is 1.95 bits per heavy atom. The summed E-state index contributed by atoms with van der Waals surface area (Å²) in [6, 6.07) is 25.1. The van der Waals surface area contributed by atoms with Crippen molar-refractivity contribution in [3.8, 4) is 11.5 Å². The van der Waals surface area contributed by atoms with E-state index in [1.54, 1.807) is 24.3 Å². The third kappa shape index (κ3) is 4.65. The number of carbonyl (C=O) groups is 2. The van der Waals surface area contributed by atoms with Crippen molar-refractivity contribution in [3.63, 3.8) is 0 Å². The predicted octanol–water partition coefficient (Wildman–Crippen LogP) is 7.96. The van der Waals surface area contributed by atoms with E-state index in [4.69, 9.17) is 32.7 Å². The monoisotopic (exact) mass is 674 g/mol. The van der Waals surface area contributed by atoms with Gasteiger partial charge in [0.25, 0.3) is 11.8 Å². The summed E-state index contributed by atoms with van der Waals surface area (Å²) >= 11 is 15.9. The number of hydrazone groups is 1. The highest BCUT2D eigenvalue weighted by Crippen LogP contribution is 2.61. The molecule has 0 unspecified atom stereocenters. The highest BCUT2D eigenvalue weighted by Gasteiger charge is 2.61. The van der Waals surface area contributed by atoms with E-state index in [0.29, 0.717) is 38.2 Å². The Balaban J connectivity index is 1.18. The number of ether oxygens (including phenoxy) is 2. The van der Waals surface area contributed by atoms with E-state index in [-0.39, 0.29) is 30.3 Å². The van der Waals surface area contributed by atoms with Crippen molar-refractivity contribution in [1.29, 1.82) is 0 Å². The smallest absolute Gasteiger partial charge is 0.254 e. The van der Waals surface area contributed by atoms with Gasteiger partial charge in [0, 0.05) is 27.4 Å². The van der Waals surface area contributed by atoms with Crippen molar-refractivity contribution in [2.45, 2.75) is 25.4 Å². The molecule has 4 aromatic carbocycles. The number of carbonyl (C=O) groups excluding carboxylic acids is 2. The molecule has 216 valence electrons. The lowest BCUT2D eigenvalue weighted by Gasteiger charge is -2.45. The van der Waals surface area contributed by atoms with Gasteiger partial charge in [0.15, 0.2) is 11.5 Å². The molecule has 4 aliphatic rings. The largest absolute Gasteiger partial charge is 0.490 e. The summed E-state index contributed by atoms with van der Waals surface area (Å²) in [7, 11) is 0. The number of rotatable bonds is 7.